The Morgan fingerprint density at radius 2 is 1.69 bits per heavy atom. The maximum Gasteiger partial charge on any atom is 0.251 e. The molecule has 1 fully saturated rings. The molecule has 0 spiro atoms. The molecule has 0 bridgehead atoms. The summed E-state index contributed by atoms with van der Waals surface area (Å²) in [6.45, 7) is 12.7. The lowest BCUT2D eigenvalue weighted by Crippen LogP contribution is -2.47. The van der Waals surface area contributed by atoms with Crippen LogP contribution in [-0.2, 0) is 4.79 Å². The highest BCUT2D eigenvalue weighted by molar-refractivity contribution is 5.94. The monoisotopic (exact) mass is 359 g/mol. The molecule has 1 heterocycles. The Bertz CT molecular complexity index is 602. The Morgan fingerprint density at radius 3 is 2.15 bits per heavy atom. The number of nitrogens with one attached hydrogen (secondary N) is 1. The molecule has 0 atom stereocenters. The zero-order chi connectivity index (χ0) is 19.3. The molecule has 1 aliphatic rings. The fraction of sp³-hybridized carbons (Fsp3) is 0.619. The van der Waals surface area contributed by atoms with Gasteiger partial charge in [0, 0.05) is 48.9 Å². The predicted octanol–water partition coefficient (Wildman–Crippen LogP) is 3.30. The van der Waals surface area contributed by atoms with Gasteiger partial charge in [-0.2, -0.15) is 0 Å². The standard InChI is InChI=1S/C21H33N3O2/c1-6-24(16(4)5)19-9-7-17(8-10-19)20(25)22-18-11-13-23(14-12-18)21(26)15(2)3/h7-10,15-16,18H,6,11-14H2,1-5H3,(H,22,25). The number of likely N-dealkylation sites (tertiary alicyclic amines) is 1. The predicted molar refractivity (Wildman–Crippen MR) is 107 cm³/mol. The number of hydrogen-bond donors (Lipinski definition) is 1. The quantitative estimate of drug-likeness (QED) is 0.848. The Kier molecular flexibility index (Phi) is 7.06. The second-order valence-corrected chi connectivity index (χ2v) is 7.65. The molecule has 0 radical (unpaired) electrons. The average Bonchev–Trinajstić information content (AvgIpc) is 2.62. The molecule has 0 unspecified atom stereocenters. The van der Waals surface area contributed by atoms with Crippen LogP contribution in [0.2, 0.25) is 0 Å². The molecule has 1 aromatic carbocycles. The van der Waals surface area contributed by atoms with Crippen molar-refractivity contribution in [1.82, 2.24) is 10.2 Å². The summed E-state index contributed by atoms with van der Waals surface area (Å²) in [7, 11) is 0. The second kappa shape index (κ2) is 9.06. The summed E-state index contributed by atoms with van der Waals surface area (Å²) in [6.07, 6.45) is 1.64. The van der Waals surface area contributed by atoms with E-state index in [1.54, 1.807) is 0 Å². The minimum atomic E-state index is -0.0298. The molecule has 2 rings (SSSR count). The first kappa shape index (κ1) is 20.3. The third-order valence-corrected chi connectivity index (χ3v) is 5.06. The summed E-state index contributed by atoms with van der Waals surface area (Å²) in [5, 5.41) is 3.12. The second-order valence-electron chi connectivity index (χ2n) is 7.65. The molecule has 0 aliphatic carbocycles. The zero-order valence-corrected chi connectivity index (χ0v) is 16.8. The van der Waals surface area contributed by atoms with Gasteiger partial charge in [-0.15, -0.1) is 0 Å². The van der Waals surface area contributed by atoms with Crippen LogP contribution in [0.5, 0.6) is 0 Å². The van der Waals surface area contributed by atoms with Crippen LogP contribution in [0.3, 0.4) is 0 Å². The first-order valence-electron chi connectivity index (χ1n) is 9.79. The number of rotatable bonds is 6. The summed E-state index contributed by atoms with van der Waals surface area (Å²) < 4.78 is 0. The zero-order valence-electron chi connectivity index (χ0n) is 16.8. The summed E-state index contributed by atoms with van der Waals surface area (Å²) >= 11 is 0. The summed E-state index contributed by atoms with van der Waals surface area (Å²) in [5.41, 5.74) is 1.83. The summed E-state index contributed by atoms with van der Waals surface area (Å²) in [6, 6.07) is 8.39. The molecule has 1 aliphatic heterocycles. The van der Waals surface area contributed by atoms with Gasteiger partial charge in [-0.05, 0) is 57.9 Å². The fourth-order valence-electron chi connectivity index (χ4n) is 3.53. The third kappa shape index (κ3) is 4.99. The first-order chi connectivity index (χ1) is 12.3. The average molecular weight is 360 g/mol. The Balaban J connectivity index is 1.90. The Morgan fingerprint density at radius 1 is 1.12 bits per heavy atom. The Hall–Kier alpha value is -2.04. The van der Waals surface area contributed by atoms with Crippen LogP contribution in [0.15, 0.2) is 24.3 Å². The van der Waals surface area contributed by atoms with E-state index in [1.165, 1.54) is 0 Å². The largest absolute Gasteiger partial charge is 0.369 e. The third-order valence-electron chi connectivity index (χ3n) is 5.06. The summed E-state index contributed by atoms with van der Waals surface area (Å²) in [5.74, 6) is 0.210. The van der Waals surface area contributed by atoms with E-state index in [4.69, 9.17) is 0 Å². The van der Waals surface area contributed by atoms with E-state index in [0.29, 0.717) is 11.6 Å². The maximum atomic E-state index is 12.5. The molecule has 2 amide bonds. The molecule has 26 heavy (non-hydrogen) atoms. The molecule has 0 saturated carbocycles. The minimum Gasteiger partial charge on any atom is -0.369 e. The highest BCUT2D eigenvalue weighted by atomic mass is 16.2. The van der Waals surface area contributed by atoms with Crippen LogP contribution >= 0.6 is 0 Å². The lowest BCUT2D eigenvalue weighted by Gasteiger charge is -2.33. The van der Waals surface area contributed by atoms with Gasteiger partial charge < -0.3 is 15.1 Å². The first-order valence-corrected chi connectivity index (χ1v) is 9.79. The van der Waals surface area contributed by atoms with Gasteiger partial charge in [0.05, 0.1) is 0 Å². The molecule has 1 saturated heterocycles. The number of piperidine rings is 1. The lowest BCUT2D eigenvalue weighted by atomic mass is 10.0. The molecule has 5 nitrogen and oxygen atoms in total. The van der Waals surface area contributed by atoms with Crippen molar-refractivity contribution < 1.29 is 9.59 Å². The van der Waals surface area contributed by atoms with Gasteiger partial charge in [0.25, 0.3) is 5.91 Å². The van der Waals surface area contributed by atoms with Crippen LogP contribution in [0.25, 0.3) is 0 Å². The normalized spacial score (nSPS) is 15.4. The molecule has 5 heteroatoms. The van der Waals surface area contributed by atoms with Crippen LogP contribution in [0.4, 0.5) is 5.69 Å². The van der Waals surface area contributed by atoms with Crippen molar-refractivity contribution in [2.24, 2.45) is 5.92 Å². The van der Waals surface area contributed by atoms with Crippen molar-refractivity contribution in [3.8, 4) is 0 Å². The van der Waals surface area contributed by atoms with Gasteiger partial charge >= 0.3 is 0 Å². The van der Waals surface area contributed by atoms with Crippen molar-refractivity contribution in [2.75, 3.05) is 24.5 Å². The minimum absolute atomic E-state index is 0.0298. The van der Waals surface area contributed by atoms with Gasteiger partial charge in [-0.3, -0.25) is 9.59 Å². The van der Waals surface area contributed by atoms with E-state index in [2.05, 4.69) is 31.0 Å². The van der Waals surface area contributed by atoms with E-state index in [9.17, 15) is 9.59 Å². The van der Waals surface area contributed by atoms with E-state index in [-0.39, 0.29) is 23.8 Å². The van der Waals surface area contributed by atoms with Gasteiger partial charge in [0.15, 0.2) is 0 Å². The van der Waals surface area contributed by atoms with Gasteiger partial charge in [-0.1, -0.05) is 13.8 Å². The number of carbonyl (C=O) groups excluding carboxylic acids is 2. The van der Waals surface area contributed by atoms with E-state index in [0.717, 1.165) is 38.2 Å². The number of hydrogen-bond acceptors (Lipinski definition) is 3. The number of carbonyl (C=O) groups is 2. The van der Waals surface area contributed by atoms with Gasteiger partial charge in [0.1, 0.15) is 0 Å². The molecule has 144 valence electrons. The summed E-state index contributed by atoms with van der Waals surface area (Å²) in [4.78, 5) is 28.8. The molecular weight excluding hydrogens is 326 g/mol. The smallest absolute Gasteiger partial charge is 0.251 e. The topological polar surface area (TPSA) is 52.7 Å². The SMILES string of the molecule is CCN(c1ccc(C(=O)NC2CCN(C(=O)C(C)C)CC2)cc1)C(C)C. The van der Waals surface area contributed by atoms with E-state index >= 15 is 0 Å². The molecular formula is C21H33N3O2. The molecule has 1 N–H and O–H groups in total. The number of amides is 2. The van der Waals surface area contributed by atoms with E-state index < -0.39 is 0 Å². The van der Waals surface area contributed by atoms with Crippen molar-refractivity contribution in [1.29, 1.82) is 0 Å². The van der Waals surface area contributed by atoms with Gasteiger partial charge in [0.2, 0.25) is 5.91 Å². The number of anilines is 1. The maximum absolute atomic E-state index is 12.5. The number of benzene rings is 1. The highest BCUT2D eigenvalue weighted by Gasteiger charge is 2.25. The fourth-order valence-corrected chi connectivity index (χ4v) is 3.53. The molecule has 1 aromatic rings. The van der Waals surface area contributed by atoms with Crippen LogP contribution in [0, 0.1) is 5.92 Å². The lowest BCUT2D eigenvalue weighted by molar-refractivity contribution is -0.135. The number of nitrogens with zero attached hydrogens (tertiary/aromatic N) is 2. The van der Waals surface area contributed by atoms with E-state index in [1.807, 2.05) is 43.0 Å². The van der Waals surface area contributed by atoms with Crippen LogP contribution in [-0.4, -0.2) is 48.4 Å². The van der Waals surface area contributed by atoms with Crippen molar-refractivity contribution in [2.45, 2.75) is 59.5 Å². The van der Waals surface area contributed by atoms with Crippen LogP contribution < -0.4 is 10.2 Å². The van der Waals surface area contributed by atoms with Crippen molar-refractivity contribution in [3.05, 3.63) is 29.8 Å². The van der Waals surface area contributed by atoms with Crippen molar-refractivity contribution in [3.63, 3.8) is 0 Å². The van der Waals surface area contributed by atoms with Crippen molar-refractivity contribution >= 4 is 17.5 Å². The van der Waals surface area contributed by atoms with Crippen LogP contribution in [0.1, 0.15) is 57.8 Å². The Labute approximate surface area is 157 Å². The van der Waals surface area contributed by atoms with Gasteiger partial charge in [-0.25, -0.2) is 0 Å². The highest BCUT2D eigenvalue weighted by Crippen LogP contribution is 2.18. The molecule has 0 aromatic heterocycles.